The summed E-state index contributed by atoms with van der Waals surface area (Å²) in [5.41, 5.74) is 0. The van der Waals surface area contributed by atoms with Crippen molar-refractivity contribution in [3.05, 3.63) is 23.7 Å². The molecule has 138 valence electrons. The summed E-state index contributed by atoms with van der Waals surface area (Å²) in [6.07, 6.45) is 0. The molecule has 1 aliphatic rings. The van der Waals surface area contributed by atoms with E-state index in [9.17, 15) is 8.78 Å². The van der Waals surface area contributed by atoms with Gasteiger partial charge in [-0.3, -0.25) is 0 Å². The lowest BCUT2D eigenvalue weighted by Crippen LogP contribution is -2.48. The highest BCUT2D eigenvalue weighted by molar-refractivity contribution is 7.98. The van der Waals surface area contributed by atoms with Gasteiger partial charge in [0.2, 0.25) is 0 Å². The highest BCUT2D eigenvalue weighted by Gasteiger charge is 2.17. The van der Waals surface area contributed by atoms with E-state index in [1.807, 2.05) is 6.07 Å². The summed E-state index contributed by atoms with van der Waals surface area (Å²) in [7, 11) is 0. The second-order valence-electron chi connectivity index (χ2n) is 6.41. The van der Waals surface area contributed by atoms with Gasteiger partial charge in [-0.2, -0.15) is 8.78 Å². The number of furan rings is 1. The Hall–Kier alpha value is -0.630. The molecule has 7 heteroatoms. The lowest BCUT2D eigenvalue weighted by molar-refractivity contribution is 0.124. The van der Waals surface area contributed by atoms with Gasteiger partial charge in [0.25, 0.3) is 5.76 Å². The molecule has 1 atom stereocenters. The maximum Gasteiger partial charge on any atom is 0.284 e. The van der Waals surface area contributed by atoms with Gasteiger partial charge in [-0.15, -0.1) is 0 Å². The molecule has 1 fully saturated rings. The topological polar surface area (TPSA) is 31.6 Å². The minimum atomic E-state index is -2.35. The van der Waals surface area contributed by atoms with E-state index in [-0.39, 0.29) is 5.75 Å². The number of nitrogens with zero attached hydrogens (tertiary/aromatic N) is 2. The molecule has 2 heterocycles. The van der Waals surface area contributed by atoms with Gasteiger partial charge in [0.05, 0.1) is 12.3 Å². The fourth-order valence-electron chi connectivity index (χ4n) is 2.98. The van der Waals surface area contributed by atoms with E-state index >= 15 is 0 Å². The summed E-state index contributed by atoms with van der Waals surface area (Å²) in [5, 5.41) is 3.40. The van der Waals surface area contributed by atoms with Crippen LogP contribution in [0.5, 0.6) is 0 Å². The zero-order chi connectivity index (χ0) is 17.4. The van der Waals surface area contributed by atoms with E-state index < -0.39 is 5.76 Å². The standard InChI is InChI=1S/C17H29F2N3OS/c1-3-21-6-8-22(9-7-21)12-14(2)10-20-11-15-4-5-16(23-15)13-24-17(18)19/h4-5,14,17,20H,3,6-13H2,1-2H3. The Labute approximate surface area is 147 Å². The maximum atomic E-state index is 12.2. The van der Waals surface area contributed by atoms with Gasteiger partial charge in [0.15, 0.2) is 0 Å². The fourth-order valence-corrected chi connectivity index (χ4v) is 3.42. The monoisotopic (exact) mass is 361 g/mol. The van der Waals surface area contributed by atoms with Gasteiger partial charge in [0, 0.05) is 32.7 Å². The molecular formula is C17H29F2N3OS. The Kier molecular flexibility index (Phi) is 8.52. The minimum Gasteiger partial charge on any atom is -0.464 e. The van der Waals surface area contributed by atoms with Crippen LogP contribution in [0.15, 0.2) is 16.5 Å². The van der Waals surface area contributed by atoms with Crippen LogP contribution in [-0.2, 0) is 12.3 Å². The number of rotatable bonds is 10. The average molecular weight is 362 g/mol. The normalized spacial score (nSPS) is 18.4. The first-order valence-electron chi connectivity index (χ1n) is 8.69. The Balaban J connectivity index is 1.60. The first-order chi connectivity index (χ1) is 11.6. The molecule has 0 saturated carbocycles. The van der Waals surface area contributed by atoms with Crippen molar-refractivity contribution in [2.45, 2.75) is 31.9 Å². The number of alkyl halides is 2. The molecule has 1 N–H and O–H groups in total. The van der Waals surface area contributed by atoms with Crippen molar-refractivity contribution in [2.75, 3.05) is 45.8 Å². The SMILES string of the molecule is CCN1CCN(CC(C)CNCc2ccc(CSC(F)F)o2)CC1. The smallest absolute Gasteiger partial charge is 0.284 e. The van der Waals surface area contributed by atoms with Crippen molar-refractivity contribution >= 4 is 11.8 Å². The molecule has 0 amide bonds. The van der Waals surface area contributed by atoms with Crippen molar-refractivity contribution < 1.29 is 13.2 Å². The molecule has 1 aliphatic heterocycles. The minimum absolute atomic E-state index is 0.220. The number of halogens is 2. The van der Waals surface area contributed by atoms with Crippen LogP contribution in [0.1, 0.15) is 25.4 Å². The molecule has 0 spiro atoms. The Morgan fingerprint density at radius 1 is 1.17 bits per heavy atom. The van der Waals surface area contributed by atoms with Crippen molar-refractivity contribution in [2.24, 2.45) is 5.92 Å². The third-order valence-corrected chi connectivity index (χ3v) is 5.05. The maximum absolute atomic E-state index is 12.2. The van der Waals surface area contributed by atoms with E-state index in [0.29, 0.717) is 30.0 Å². The largest absolute Gasteiger partial charge is 0.464 e. The third-order valence-electron chi connectivity index (χ3n) is 4.34. The fraction of sp³-hybridized carbons (Fsp3) is 0.765. The van der Waals surface area contributed by atoms with Crippen molar-refractivity contribution in [1.82, 2.24) is 15.1 Å². The predicted molar refractivity (Wildman–Crippen MR) is 95.4 cm³/mol. The first kappa shape index (κ1) is 19.7. The van der Waals surface area contributed by atoms with Gasteiger partial charge in [-0.05, 0) is 31.1 Å². The van der Waals surface area contributed by atoms with Crippen molar-refractivity contribution in [1.29, 1.82) is 0 Å². The number of nitrogens with one attached hydrogen (secondary N) is 1. The molecule has 0 bridgehead atoms. The number of likely N-dealkylation sites (N-methyl/N-ethyl adjacent to an activating group) is 1. The molecule has 1 saturated heterocycles. The summed E-state index contributed by atoms with van der Waals surface area (Å²) in [5.74, 6) is -0.140. The third kappa shape index (κ3) is 7.09. The van der Waals surface area contributed by atoms with Gasteiger partial charge in [-0.25, -0.2) is 0 Å². The second-order valence-corrected chi connectivity index (χ2v) is 7.39. The van der Waals surface area contributed by atoms with Crippen molar-refractivity contribution in [3.63, 3.8) is 0 Å². The molecule has 0 aliphatic carbocycles. The van der Waals surface area contributed by atoms with Crippen LogP contribution in [0, 0.1) is 5.92 Å². The van der Waals surface area contributed by atoms with Crippen LogP contribution in [-0.4, -0.2) is 61.4 Å². The summed E-state index contributed by atoms with van der Waals surface area (Å²) < 4.78 is 29.9. The van der Waals surface area contributed by atoms with E-state index in [1.165, 1.54) is 13.1 Å². The van der Waals surface area contributed by atoms with Gasteiger partial charge >= 0.3 is 0 Å². The van der Waals surface area contributed by atoms with Crippen LogP contribution in [0.25, 0.3) is 0 Å². The van der Waals surface area contributed by atoms with Crippen molar-refractivity contribution in [3.8, 4) is 0 Å². The number of thioether (sulfide) groups is 1. The Bertz CT molecular complexity index is 464. The molecule has 1 unspecified atom stereocenters. The summed E-state index contributed by atoms with van der Waals surface area (Å²) in [6, 6.07) is 3.64. The molecule has 1 aromatic heterocycles. The average Bonchev–Trinajstić information content (AvgIpc) is 3.01. The molecular weight excluding hydrogens is 332 g/mol. The summed E-state index contributed by atoms with van der Waals surface area (Å²) in [6.45, 7) is 12.9. The molecule has 4 nitrogen and oxygen atoms in total. The highest BCUT2D eigenvalue weighted by Crippen LogP contribution is 2.21. The molecule has 1 aromatic rings. The summed E-state index contributed by atoms with van der Waals surface area (Å²) >= 11 is 0.591. The number of hydrogen-bond donors (Lipinski definition) is 1. The molecule has 0 aromatic carbocycles. The van der Waals surface area contributed by atoms with Gasteiger partial charge < -0.3 is 19.5 Å². The quantitative estimate of drug-likeness (QED) is 0.692. The van der Waals surface area contributed by atoms with Crippen LogP contribution in [0.4, 0.5) is 8.78 Å². The van der Waals surface area contributed by atoms with Gasteiger partial charge in [0.1, 0.15) is 11.5 Å². The van der Waals surface area contributed by atoms with Crippen LogP contribution >= 0.6 is 11.8 Å². The van der Waals surface area contributed by atoms with Crippen LogP contribution in [0.3, 0.4) is 0 Å². The van der Waals surface area contributed by atoms with Crippen LogP contribution in [0.2, 0.25) is 0 Å². The predicted octanol–water partition coefficient (Wildman–Crippen LogP) is 3.10. The molecule has 0 radical (unpaired) electrons. The Morgan fingerprint density at radius 2 is 1.83 bits per heavy atom. The van der Waals surface area contributed by atoms with Crippen LogP contribution < -0.4 is 5.32 Å². The lowest BCUT2D eigenvalue weighted by Gasteiger charge is -2.35. The summed E-state index contributed by atoms with van der Waals surface area (Å²) in [4.78, 5) is 5.02. The van der Waals surface area contributed by atoms with Gasteiger partial charge in [-0.1, -0.05) is 25.6 Å². The lowest BCUT2D eigenvalue weighted by atomic mass is 10.1. The Morgan fingerprint density at radius 3 is 2.50 bits per heavy atom. The first-order valence-corrected chi connectivity index (χ1v) is 9.74. The van der Waals surface area contributed by atoms with E-state index in [2.05, 4.69) is 29.0 Å². The zero-order valence-corrected chi connectivity index (χ0v) is 15.5. The number of hydrogen-bond acceptors (Lipinski definition) is 5. The number of piperazine rings is 1. The highest BCUT2D eigenvalue weighted by atomic mass is 32.2. The molecule has 24 heavy (non-hydrogen) atoms. The van der Waals surface area contributed by atoms with E-state index in [4.69, 9.17) is 4.42 Å². The van der Waals surface area contributed by atoms with E-state index in [1.54, 1.807) is 6.07 Å². The zero-order valence-electron chi connectivity index (χ0n) is 14.6. The second kappa shape index (κ2) is 10.4. The van der Waals surface area contributed by atoms with E-state index in [0.717, 1.165) is 38.5 Å². The molecule has 2 rings (SSSR count).